The molecule has 2 heterocycles. The van der Waals surface area contributed by atoms with Gasteiger partial charge in [0.1, 0.15) is 11.6 Å². The number of nitrogens with zero attached hydrogens (tertiary/aromatic N) is 2. The minimum Gasteiger partial charge on any atom is -0.476 e. The third-order valence-electron chi connectivity index (χ3n) is 5.92. The first-order chi connectivity index (χ1) is 16.8. The molecule has 1 aliphatic heterocycles. The lowest BCUT2D eigenvalue weighted by Crippen LogP contribution is -2.46. The van der Waals surface area contributed by atoms with Crippen LogP contribution in [0.1, 0.15) is 83.4 Å². The Labute approximate surface area is 212 Å². The number of halogens is 1. The van der Waals surface area contributed by atoms with Crippen molar-refractivity contribution in [2.75, 3.05) is 0 Å². The smallest absolute Gasteiger partial charge is 0.356 e. The number of hydrogen-bond acceptors (Lipinski definition) is 6. The highest BCUT2D eigenvalue weighted by Gasteiger charge is 2.37. The largest absolute Gasteiger partial charge is 0.476 e. The zero-order valence-electron chi connectivity index (χ0n) is 22.1. The Hall–Kier alpha value is -2.33. The van der Waals surface area contributed by atoms with Crippen molar-refractivity contribution >= 4 is 5.97 Å². The van der Waals surface area contributed by atoms with Gasteiger partial charge in [-0.1, -0.05) is 13.3 Å². The van der Waals surface area contributed by atoms with Crippen LogP contribution >= 0.6 is 0 Å². The van der Waals surface area contributed by atoms with Gasteiger partial charge in [0.15, 0.2) is 17.8 Å². The molecule has 3 rings (SSSR count). The van der Waals surface area contributed by atoms with Gasteiger partial charge >= 0.3 is 5.97 Å². The quantitative estimate of drug-likeness (QED) is 0.429. The van der Waals surface area contributed by atoms with Gasteiger partial charge in [0.25, 0.3) is 0 Å². The Kier molecular flexibility index (Phi) is 8.93. The van der Waals surface area contributed by atoms with Crippen molar-refractivity contribution < 1.29 is 33.6 Å². The molecule has 2 N–H and O–H groups in total. The van der Waals surface area contributed by atoms with E-state index in [-0.39, 0.29) is 23.7 Å². The van der Waals surface area contributed by atoms with Gasteiger partial charge in [-0.05, 0) is 71.7 Å². The molecule has 1 aromatic carbocycles. The predicted octanol–water partition coefficient (Wildman–Crippen LogP) is 5.16. The van der Waals surface area contributed by atoms with Crippen LogP contribution in [0.3, 0.4) is 0 Å². The average Bonchev–Trinajstić information content (AvgIpc) is 3.09. The first kappa shape index (κ1) is 28.2. The van der Waals surface area contributed by atoms with Crippen LogP contribution in [0.4, 0.5) is 4.39 Å². The Balaban J connectivity index is 1.83. The van der Waals surface area contributed by atoms with E-state index in [1.807, 2.05) is 46.1 Å². The van der Waals surface area contributed by atoms with Gasteiger partial charge in [0.2, 0.25) is 0 Å². The van der Waals surface area contributed by atoms with Crippen LogP contribution in [-0.4, -0.2) is 55.6 Å². The second-order valence-corrected chi connectivity index (χ2v) is 10.8. The lowest BCUT2D eigenvalue weighted by Gasteiger charge is -2.42. The minimum atomic E-state index is -1.09. The Morgan fingerprint density at radius 1 is 1.25 bits per heavy atom. The van der Waals surface area contributed by atoms with Crippen LogP contribution in [0.15, 0.2) is 24.3 Å². The molecule has 3 atom stereocenters. The van der Waals surface area contributed by atoms with Gasteiger partial charge in [-0.2, -0.15) is 0 Å². The number of aliphatic hydroxyl groups is 1. The fourth-order valence-corrected chi connectivity index (χ4v) is 4.70. The topological polar surface area (TPSA) is 103 Å². The maximum absolute atomic E-state index is 13.5. The summed E-state index contributed by atoms with van der Waals surface area (Å²) < 4.78 is 33.3. The van der Waals surface area contributed by atoms with Crippen LogP contribution in [0, 0.1) is 5.82 Å². The Morgan fingerprint density at radius 3 is 2.47 bits per heavy atom. The van der Waals surface area contributed by atoms with Gasteiger partial charge in [0, 0.05) is 24.9 Å². The molecule has 0 saturated carbocycles. The van der Waals surface area contributed by atoms with Crippen molar-refractivity contribution in [1.82, 2.24) is 9.55 Å². The number of aliphatic hydroxyl groups excluding tert-OH is 1. The number of aromatic nitrogens is 2. The third kappa shape index (κ3) is 7.59. The van der Waals surface area contributed by atoms with Gasteiger partial charge in [-0.15, -0.1) is 0 Å². The van der Waals surface area contributed by atoms with Crippen molar-refractivity contribution in [3.05, 3.63) is 41.5 Å². The molecule has 1 saturated heterocycles. The molecule has 36 heavy (non-hydrogen) atoms. The highest BCUT2D eigenvalue weighted by molar-refractivity contribution is 5.88. The van der Waals surface area contributed by atoms with Crippen molar-refractivity contribution in [2.24, 2.45) is 0 Å². The predicted molar refractivity (Wildman–Crippen MR) is 133 cm³/mol. The number of aromatic carboxylic acids is 1. The summed E-state index contributed by atoms with van der Waals surface area (Å²) in [5, 5.41) is 20.2. The molecule has 9 heteroatoms. The summed E-state index contributed by atoms with van der Waals surface area (Å²) in [5.41, 5.74) is 0.829. The molecule has 0 bridgehead atoms. The van der Waals surface area contributed by atoms with Gasteiger partial charge in [0.05, 0.1) is 23.5 Å². The SMILES string of the molecule is CCCc1c(C(=O)O)nc(-c2ccc(F)cc2)n1CCC1CC(CC(O)OC(C)(C)C)OC(C)(C)O1. The maximum atomic E-state index is 13.5. The molecule has 1 aromatic heterocycles. The number of hydrogen-bond donors (Lipinski definition) is 2. The molecule has 8 nitrogen and oxygen atoms in total. The summed E-state index contributed by atoms with van der Waals surface area (Å²) in [6, 6.07) is 5.90. The van der Waals surface area contributed by atoms with Gasteiger partial charge in [-0.25, -0.2) is 14.2 Å². The third-order valence-corrected chi connectivity index (χ3v) is 5.92. The van der Waals surface area contributed by atoms with E-state index < -0.39 is 23.6 Å². The maximum Gasteiger partial charge on any atom is 0.356 e. The van der Waals surface area contributed by atoms with Gasteiger partial charge < -0.3 is 29.0 Å². The van der Waals surface area contributed by atoms with Crippen molar-refractivity contribution in [1.29, 1.82) is 0 Å². The van der Waals surface area contributed by atoms with E-state index in [0.29, 0.717) is 49.3 Å². The average molecular weight is 507 g/mol. The standard InChI is InChI=1S/C27H39FN2O6/c1-7-8-21-23(25(32)33)29-24(17-9-11-18(28)12-10-17)30(21)14-13-19-15-20(35-27(5,6)34-19)16-22(31)36-26(2,3)4/h9-12,19-20,22,31H,7-8,13-16H2,1-6H3,(H,32,33). The normalized spacial score (nSPS) is 20.9. The minimum absolute atomic E-state index is 0.0183. The van der Waals surface area contributed by atoms with Gasteiger partial charge in [-0.3, -0.25) is 0 Å². The first-order valence-corrected chi connectivity index (χ1v) is 12.6. The van der Waals surface area contributed by atoms with E-state index in [1.165, 1.54) is 12.1 Å². The lowest BCUT2D eigenvalue weighted by molar-refractivity contribution is -0.310. The molecule has 0 radical (unpaired) electrons. The summed E-state index contributed by atoms with van der Waals surface area (Å²) in [5.74, 6) is -1.81. The van der Waals surface area contributed by atoms with Crippen LogP contribution in [-0.2, 0) is 27.2 Å². The highest BCUT2D eigenvalue weighted by Crippen LogP contribution is 2.32. The number of carbonyl (C=O) groups is 1. The molecule has 0 spiro atoms. The molecule has 200 valence electrons. The molecule has 1 fully saturated rings. The number of carboxylic acid groups (broad SMARTS) is 1. The molecule has 1 aliphatic rings. The summed E-state index contributed by atoms with van der Waals surface area (Å²) >= 11 is 0. The van der Waals surface area contributed by atoms with E-state index in [0.717, 1.165) is 6.42 Å². The zero-order chi connectivity index (χ0) is 26.7. The van der Waals surface area contributed by atoms with Crippen LogP contribution in [0.25, 0.3) is 11.4 Å². The Bertz CT molecular complexity index is 1030. The van der Waals surface area contributed by atoms with Crippen LogP contribution in [0.5, 0.6) is 0 Å². The van der Waals surface area contributed by atoms with E-state index in [1.54, 1.807) is 12.1 Å². The summed E-state index contributed by atoms with van der Waals surface area (Å²) in [6.07, 6.45) is 1.35. The molecule has 0 amide bonds. The second-order valence-electron chi connectivity index (χ2n) is 10.8. The molecular formula is C27H39FN2O6. The molecular weight excluding hydrogens is 467 g/mol. The highest BCUT2D eigenvalue weighted by atomic mass is 19.1. The number of imidazole rings is 1. The zero-order valence-corrected chi connectivity index (χ0v) is 22.1. The number of rotatable bonds is 10. The molecule has 3 unspecified atom stereocenters. The van der Waals surface area contributed by atoms with E-state index >= 15 is 0 Å². The van der Waals surface area contributed by atoms with E-state index in [4.69, 9.17) is 14.2 Å². The fraction of sp³-hybridized carbons (Fsp3) is 0.630. The summed E-state index contributed by atoms with van der Waals surface area (Å²) in [4.78, 5) is 16.4. The van der Waals surface area contributed by atoms with Crippen molar-refractivity contribution in [3.8, 4) is 11.4 Å². The van der Waals surface area contributed by atoms with Crippen molar-refractivity contribution in [3.63, 3.8) is 0 Å². The van der Waals surface area contributed by atoms with E-state index in [9.17, 15) is 19.4 Å². The summed E-state index contributed by atoms with van der Waals surface area (Å²) in [6.45, 7) is 11.8. The Morgan fingerprint density at radius 2 is 1.89 bits per heavy atom. The monoisotopic (exact) mass is 506 g/mol. The lowest BCUT2D eigenvalue weighted by atomic mass is 10.0. The number of benzene rings is 1. The van der Waals surface area contributed by atoms with Crippen LogP contribution < -0.4 is 0 Å². The fourth-order valence-electron chi connectivity index (χ4n) is 4.70. The van der Waals surface area contributed by atoms with E-state index in [2.05, 4.69) is 4.98 Å². The first-order valence-electron chi connectivity index (χ1n) is 12.6. The second kappa shape index (κ2) is 11.4. The number of ether oxygens (including phenoxy) is 3. The molecule has 0 aliphatic carbocycles. The van der Waals surface area contributed by atoms with Crippen LogP contribution in [0.2, 0.25) is 0 Å². The van der Waals surface area contributed by atoms with Crippen molar-refractivity contribution in [2.45, 2.75) is 110 Å². The summed E-state index contributed by atoms with van der Waals surface area (Å²) in [7, 11) is 0. The number of carboxylic acids is 1. The molecule has 2 aromatic rings.